The number of rotatable bonds is 5. The lowest BCUT2D eigenvalue weighted by molar-refractivity contribution is -0.921. The van der Waals surface area contributed by atoms with Gasteiger partial charge in [-0.1, -0.05) is 48.5 Å². The molecule has 0 saturated carbocycles. The number of quaternary nitrogens is 1. The van der Waals surface area contributed by atoms with Crippen LogP contribution in [0.25, 0.3) is 11.5 Å². The van der Waals surface area contributed by atoms with Crippen molar-refractivity contribution in [2.24, 2.45) is 5.92 Å². The maximum atomic E-state index is 5.85. The van der Waals surface area contributed by atoms with Crippen LogP contribution in [0.3, 0.4) is 0 Å². The average Bonchev–Trinajstić information content (AvgIpc) is 3.14. The second kappa shape index (κ2) is 7.62. The number of benzene rings is 2. The predicted molar refractivity (Wildman–Crippen MR) is 97.0 cm³/mol. The van der Waals surface area contributed by atoms with Crippen molar-refractivity contribution in [2.45, 2.75) is 25.8 Å². The molecule has 2 aromatic carbocycles. The molecule has 0 amide bonds. The van der Waals surface area contributed by atoms with Gasteiger partial charge in [-0.05, 0) is 42.9 Å². The Labute approximate surface area is 148 Å². The van der Waals surface area contributed by atoms with Gasteiger partial charge in [0.15, 0.2) is 6.54 Å². The Bertz CT molecular complexity index is 777. The van der Waals surface area contributed by atoms with Crippen molar-refractivity contribution >= 4 is 0 Å². The summed E-state index contributed by atoms with van der Waals surface area (Å²) in [6.07, 6.45) is 3.74. The van der Waals surface area contributed by atoms with Gasteiger partial charge >= 0.3 is 0 Å². The molecule has 4 nitrogen and oxygen atoms in total. The van der Waals surface area contributed by atoms with Crippen molar-refractivity contribution < 1.29 is 9.32 Å². The van der Waals surface area contributed by atoms with Gasteiger partial charge in [-0.3, -0.25) is 0 Å². The van der Waals surface area contributed by atoms with Crippen molar-refractivity contribution in [2.75, 3.05) is 13.1 Å². The topological polar surface area (TPSA) is 43.4 Å². The minimum atomic E-state index is 0.619. The number of likely N-dealkylation sites (tertiary alicyclic amines) is 1. The molecule has 4 rings (SSSR count). The van der Waals surface area contributed by atoms with E-state index >= 15 is 0 Å². The highest BCUT2D eigenvalue weighted by atomic mass is 16.4. The first-order chi connectivity index (χ1) is 12.4. The number of nitrogens with one attached hydrogen (secondary N) is 1. The molecule has 0 spiro atoms. The third-order valence-electron chi connectivity index (χ3n) is 5.07. The third kappa shape index (κ3) is 4.15. The van der Waals surface area contributed by atoms with E-state index in [1.54, 1.807) is 4.90 Å². The first kappa shape index (κ1) is 16.0. The van der Waals surface area contributed by atoms with Crippen molar-refractivity contribution in [3.63, 3.8) is 0 Å². The Balaban J connectivity index is 1.30. The molecule has 128 valence electrons. The smallest absolute Gasteiger partial charge is 0.271 e. The predicted octanol–water partition coefficient (Wildman–Crippen LogP) is 2.77. The van der Waals surface area contributed by atoms with Gasteiger partial charge < -0.3 is 9.32 Å². The number of hydrogen-bond acceptors (Lipinski definition) is 3. The first-order valence-corrected chi connectivity index (χ1v) is 9.12. The molecule has 4 heteroatoms. The second-order valence-corrected chi connectivity index (χ2v) is 6.93. The Kier molecular flexibility index (Phi) is 4.89. The van der Waals surface area contributed by atoms with Gasteiger partial charge in [0.25, 0.3) is 5.89 Å². The number of nitrogens with zero attached hydrogens (tertiary/aromatic N) is 2. The van der Waals surface area contributed by atoms with Crippen LogP contribution in [-0.4, -0.2) is 23.3 Å². The monoisotopic (exact) mass is 334 g/mol. The molecule has 0 radical (unpaired) electrons. The zero-order valence-electron chi connectivity index (χ0n) is 14.4. The lowest BCUT2D eigenvalue weighted by atomic mass is 9.90. The standard InChI is InChI=1S/C21H23N3O/c1-3-7-17(8-4-1)15-18-11-13-24(14-12-18)16-20-22-23-21(25-20)19-9-5-2-6-10-19/h1-10,18H,11-16H2/p+1. The van der Waals surface area contributed by atoms with E-state index in [1.807, 2.05) is 30.3 Å². The van der Waals surface area contributed by atoms with Crippen LogP contribution in [-0.2, 0) is 13.0 Å². The van der Waals surface area contributed by atoms with Crippen molar-refractivity contribution in [1.29, 1.82) is 0 Å². The Morgan fingerprint density at radius 2 is 1.56 bits per heavy atom. The second-order valence-electron chi connectivity index (χ2n) is 6.93. The number of aromatic nitrogens is 2. The number of piperidine rings is 1. The fourth-order valence-corrected chi connectivity index (χ4v) is 3.65. The summed E-state index contributed by atoms with van der Waals surface area (Å²) < 4.78 is 5.85. The van der Waals surface area contributed by atoms with Crippen LogP contribution < -0.4 is 4.90 Å². The van der Waals surface area contributed by atoms with Crippen LogP contribution in [0.1, 0.15) is 24.3 Å². The zero-order valence-corrected chi connectivity index (χ0v) is 14.4. The summed E-state index contributed by atoms with van der Waals surface area (Å²) in [5, 5.41) is 8.43. The molecule has 1 aliphatic rings. The summed E-state index contributed by atoms with van der Waals surface area (Å²) in [7, 11) is 0. The lowest BCUT2D eigenvalue weighted by Crippen LogP contribution is -3.11. The van der Waals surface area contributed by atoms with Gasteiger partial charge in [0.05, 0.1) is 13.1 Å². The van der Waals surface area contributed by atoms with Crippen molar-refractivity contribution in [3.8, 4) is 11.5 Å². The fraction of sp³-hybridized carbons (Fsp3) is 0.333. The highest BCUT2D eigenvalue weighted by molar-refractivity contribution is 5.51. The van der Waals surface area contributed by atoms with E-state index in [4.69, 9.17) is 4.42 Å². The fourth-order valence-electron chi connectivity index (χ4n) is 3.65. The van der Waals surface area contributed by atoms with Gasteiger partial charge in [-0.25, -0.2) is 0 Å². The molecule has 0 bridgehead atoms. The molecule has 1 aliphatic heterocycles. The average molecular weight is 334 g/mol. The third-order valence-corrected chi connectivity index (χ3v) is 5.07. The largest absolute Gasteiger partial charge is 0.415 e. The molecule has 1 N–H and O–H groups in total. The summed E-state index contributed by atoms with van der Waals surface area (Å²) in [6, 6.07) is 20.8. The molecule has 2 heterocycles. The molecule has 1 saturated heterocycles. The van der Waals surface area contributed by atoms with Gasteiger partial charge in [0, 0.05) is 5.56 Å². The molecule has 3 aromatic rings. The molecule has 0 aliphatic carbocycles. The molecular formula is C21H24N3O+. The minimum Gasteiger partial charge on any atom is -0.415 e. The van der Waals surface area contributed by atoms with E-state index in [1.165, 1.54) is 37.9 Å². The molecule has 0 atom stereocenters. The first-order valence-electron chi connectivity index (χ1n) is 9.12. The highest BCUT2D eigenvalue weighted by Crippen LogP contribution is 2.18. The number of hydrogen-bond donors (Lipinski definition) is 1. The van der Waals surface area contributed by atoms with Crippen LogP contribution in [0.2, 0.25) is 0 Å². The Morgan fingerprint density at radius 3 is 2.28 bits per heavy atom. The van der Waals surface area contributed by atoms with E-state index in [9.17, 15) is 0 Å². The van der Waals surface area contributed by atoms with Crippen LogP contribution >= 0.6 is 0 Å². The minimum absolute atomic E-state index is 0.619. The van der Waals surface area contributed by atoms with Crippen molar-refractivity contribution in [3.05, 3.63) is 72.1 Å². The summed E-state index contributed by atoms with van der Waals surface area (Å²) in [6.45, 7) is 3.19. The van der Waals surface area contributed by atoms with E-state index in [2.05, 4.69) is 40.5 Å². The summed E-state index contributed by atoms with van der Waals surface area (Å²) >= 11 is 0. The van der Waals surface area contributed by atoms with E-state index in [-0.39, 0.29) is 0 Å². The summed E-state index contributed by atoms with van der Waals surface area (Å²) in [4.78, 5) is 1.55. The summed E-state index contributed by atoms with van der Waals surface area (Å²) in [5.74, 6) is 2.16. The van der Waals surface area contributed by atoms with E-state index in [0.29, 0.717) is 5.89 Å². The van der Waals surface area contributed by atoms with Crippen LogP contribution in [0.15, 0.2) is 65.1 Å². The van der Waals surface area contributed by atoms with Crippen molar-refractivity contribution in [1.82, 2.24) is 10.2 Å². The maximum absolute atomic E-state index is 5.85. The van der Waals surface area contributed by atoms with Gasteiger partial charge in [-0.2, -0.15) is 0 Å². The Hall–Kier alpha value is -2.46. The van der Waals surface area contributed by atoms with Gasteiger partial charge in [-0.15, -0.1) is 10.2 Å². The van der Waals surface area contributed by atoms with Gasteiger partial charge in [0.2, 0.25) is 5.89 Å². The molecular weight excluding hydrogens is 310 g/mol. The van der Waals surface area contributed by atoms with Crippen LogP contribution in [0, 0.1) is 5.92 Å². The van der Waals surface area contributed by atoms with E-state index < -0.39 is 0 Å². The highest BCUT2D eigenvalue weighted by Gasteiger charge is 2.24. The normalized spacial score (nSPS) is 20.5. The quantitative estimate of drug-likeness (QED) is 0.780. The molecule has 0 unspecified atom stereocenters. The van der Waals surface area contributed by atoms with Crippen LogP contribution in [0.5, 0.6) is 0 Å². The van der Waals surface area contributed by atoms with E-state index in [0.717, 1.165) is 23.9 Å². The molecule has 25 heavy (non-hydrogen) atoms. The van der Waals surface area contributed by atoms with Gasteiger partial charge in [0.1, 0.15) is 0 Å². The molecule has 1 aromatic heterocycles. The maximum Gasteiger partial charge on any atom is 0.271 e. The SMILES string of the molecule is c1ccc(CC2CC[NH+](Cc3nnc(-c4ccccc4)o3)CC2)cc1. The Morgan fingerprint density at radius 1 is 0.880 bits per heavy atom. The lowest BCUT2D eigenvalue weighted by Gasteiger charge is -2.28. The zero-order chi connectivity index (χ0) is 16.9. The van der Waals surface area contributed by atoms with Crippen LogP contribution in [0.4, 0.5) is 0 Å². The molecule has 1 fully saturated rings. The summed E-state index contributed by atoms with van der Waals surface area (Å²) in [5.41, 5.74) is 2.44.